The number of anilines is 1. The van der Waals surface area contributed by atoms with Crippen LogP contribution in [-0.4, -0.2) is 21.6 Å². The number of hydrogen-bond acceptors (Lipinski definition) is 5. The van der Waals surface area contributed by atoms with Gasteiger partial charge in [-0.1, -0.05) is 37.7 Å². The normalized spacial score (nSPS) is 10.5. The topological polar surface area (TPSA) is 78.7 Å². The summed E-state index contributed by atoms with van der Waals surface area (Å²) in [4.78, 5) is 20.6. The number of aromatic nitrogens is 2. The lowest BCUT2D eigenvalue weighted by molar-refractivity contribution is -0.113. The quantitative estimate of drug-likeness (QED) is 0.661. The summed E-state index contributed by atoms with van der Waals surface area (Å²) < 4.78 is 0. The maximum Gasteiger partial charge on any atom is 0.234 e. The van der Waals surface area contributed by atoms with Crippen molar-refractivity contribution in [2.45, 2.75) is 38.6 Å². The Labute approximate surface area is 146 Å². The maximum atomic E-state index is 12.1. The molecular weight excluding hydrogens is 320 g/mol. The first-order chi connectivity index (χ1) is 11.4. The minimum absolute atomic E-state index is 0.130. The van der Waals surface area contributed by atoms with Crippen LogP contribution in [0.3, 0.4) is 0 Å². The summed E-state index contributed by atoms with van der Waals surface area (Å²) in [5.41, 5.74) is 3.06. The summed E-state index contributed by atoms with van der Waals surface area (Å²) >= 11 is 1.25. The molecule has 0 fully saturated rings. The van der Waals surface area contributed by atoms with E-state index in [0.717, 1.165) is 5.69 Å². The highest BCUT2D eigenvalue weighted by atomic mass is 32.2. The average molecular weight is 340 g/mol. The second-order valence-electron chi connectivity index (χ2n) is 5.76. The fourth-order valence-electron chi connectivity index (χ4n) is 2.20. The standard InChI is InChI=1S/C18H20N4OS/c1-11(2)14-5-7-15(8-6-14)22-17(23)10-24-18-16(9-19)12(3)20-13(4)21-18/h5-8,11H,10H2,1-4H3,(H,22,23). The van der Waals surface area contributed by atoms with Crippen molar-refractivity contribution < 1.29 is 4.79 Å². The molecule has 1 N–H and O–H groups in total. The lowest BCUT2D eigenvalue weighted by Gasteiger charge is -2.09. The molecule has 24 heavy (non-hydrogen) atoms. The highest BCUT2D eigenvalue weighted by molar-refractivity contribution is 8.00. The van der Waals surface area contributed by atoms with Crippen LogP contribution in [0.15, 0.2) is 29.3 Å². The molecule has 124 valence electrons. The van der Waals surface area contributed by atoms with Crippen molar-refractivity contribution in [2.24, 2.45) is 0 Å². The van der Waals surface area contributed by atoms with Crippen LogP contribution in [0.25, 0.3) is 0 Å². The highest BCUT2D eigenvalue weighted by Gasteiger charge is 2.12. The minimum Gasteiger partial charge on any atom is -0.325 e. The number of rotatable bonds is 5. The SMILES string of the molecule is Cc1nc(C)c(C#N)c(SCC(=O)Nc2ccc(C(C)C)cc2)n1. The second-order valence-corrected chi connectivity index (χ2v) is 6.73. The average Bonchev–Trinajstić information content (AvgIpc) is 2.53. The van der Waals surface area contributed by atoms with E-state index in [0.29, 0.717) is 28.0 Å². The molecule has 0 unspecified atom stereocenters. The molecule has 0 aliphatic rings. The fraction of sp³-hybridized carbons (Fsp3) is 0.333. The highest BCUT2D eigenvalue weighted by Crippen LogP contribution is 2.22. The molecule has 1 aromatic carbocycles. The number of thioether (sulfide) groups is 1. The Balaban J connectivity index is 2.00. The monoisotopic (exact) mass is 340 g/mol. The summed E-state index contributed by atoms with van der Waals surface area (Å²) in [6, 6.07) is 9.93. The fourth-order valence-corrected chi connectivity index (χ4v) is 3.07. The predicted molar refractivity (Wildman–Crippen MR) is 96.1 cm³/mol. The smallest absolute Gasteiger partial charge is 0.234 e. The number of amides is 1. The summed E-state index contributed by atoms with van der Waals surface area (Å²) in [5.74, 6) is 1.11. The Morgan fingerprint density at radius 3 is 2.50 bits per heavy atom. The second kappa shape index (κ2) is 7.93. The number of hydrogen-bond donors (Lipinski definition) is 1. The first-order valence-corrected chi connectivity index (χ1v) is 8.67. The summed E-state index contributed by atoms with van der Waals surface area (Å²) in [5, 5.41) is 12.6. The van der Waals surface area contributed by atoms with E-state index < -0.39 is 0 Å². The van der Waals surface area contributed by atoms with Gasteiger partial charge in [-0.2, -0.15) is 5.26 Å². The van der Waals surface area contributed by atoms with Gasteiger partial charge in [0.15, 0.2) is 0 Å². The van der Waals surface area contributed by atoms with Crippen molar-refractivity contribution in [2.75, 3.05) is 11.1 Å². The van der Waals surface area contributed by atoms with Crippen molar-refractivity contribution in [1.29, 1.82) is 5.26 Å². The molecule has 0 atom stereocenters. The van der Waals surface area contributed by atoms with E-state index >= 15 is 0 Å². The van der Waals surface area contributed by atoms with E-state index in [9.17, 15) is 10.1 Å². The van der Waals surface area contributed by atoms with Crippen LogP contribution in [0, 0.1) is 25.2 Å². The van der Waals surface area contributed by atoms with Crippen LogP contribution in [0.4, 0.5) is 5.69 Å². The largest absolute Gasteiger partial charge is 0.325 e. The van der Waals surface area contributed by atoms with Crippen LogP contribution in [0.1, 0.15) is 42.4 Å². The Morgan fingerprint density at radius 1 is 1.25 bits per heavy atom. The van der Waals surface area contributed by atoms with Gasteiger partial charge in [-0.05, 0) is 37.5 Å². The third-order valence-corrected chi connectivity index (χ3v) is 4.46. The van der Waals surface area contributed by atoms with Gasteiger partial charge < -0.3 is 5.32 Å². The van der Waals surface area contributed by atoms with Gasteiger partial charge in [0.2, 0.25) is 5.91 Å². The van der Waals surface area contributed by atoms with Crippen LogP contribution < -0.4 is 5.32 Å². The molecule has 0 radical (unpaired) electrons. The zero-order valence-corrected chi connectivity index (χ0v) is 15.1. The van der Waals surface area contributed by atoms with Gasteiger partial charge in [0, 0.05) is 5.69 Å². The molecule has 0 aliphatic heterocycles. The predicted octanol–water partition coefficient (Wildman–Crippen LogP) is 3.82. The van der Waals surface area contributed by atoms with Crippen LogP contribution in [0.5, 0.6) is 0 Å². The van der Waals surface area contributed by atoms with Gasteiger partial charge >= 0.3 is 0 Å². The number of carbonyl (C=O) groups is 1. The third kappa shape index (κ3) is 4.56. The van der Waals surface area contributed by atoms with E-state index in [1.165, 1.54) is 17.3 Å². The number of nitrogens with one attached hydrogen (secondary N) is 1. The van der Waals surface area contributed by atoms with Crippen LogP contribution in [0.2, 0.25) is 0 Å². The van der Waals surface area contributed by atoms with Gasteiger partial charge in [0.25, 0.3) is 0 Å². The van der Waals surface area contributed by atoms with Crippen LogP contribution >= 0.6 is 11.8 Å². The number of aryl methyl sites for hydroxylation is 2. The lowest BCUT2D eigenvalue weighted by Crippen LogP contribution is -2.14. The molecule has 0 saturated heterocycles. The van der Waals surface area contributed by atoms with E-state index in [1.54, 1.807) is 13.8 Å². The molecule has 1 aromatic heterocycles. The summed E-state index contributed by atoms with van der Waals surface area (Å²) in [6.07, 6.45) is 0. The number of nitrogens with zero attached hydrogens (tertiary/aromatic N) is 3. The van der Waals surface area contributed by atoms with Crippen molar-refractivity contribution in [3.63, 3.8) is 0 Å². The number of benzene rings is 1. The maximum absolute atomic E-state index is 12.1. The van der Waals surface area contributed by atoms with E-state index in [1.807, 2.05) is 24.3 Å². The molecule has 0 aliphatic carbocycles. The van der Waals surface area contributed by atoms with Crippen LogP contribution in [-0.2, 0) is 4.79 Å². The molecule has 0 spiro atoms. The number of carbonyl (C=O) groups excluding carboxylic acids is 1. The van der Waals surface area contributed by atoms with Crippen molar-refractivity contribution >= 4 is 23.4 Å². The molecule has 0 saturated carbocycles. The Morgan fingerprint density at radius 2 is 1.92 bits per heavy atom. The molecule has 2 rings (SSSR count). The van der Waals surface area contributed by atoms with Crippen molar-refractivity contribution in [1.82, 2.24) is 9.97 Å². The van der Waals surface area contributed by atoms with Crippen molar-refractivity contribution in [3.05, 3.63) is 46.9 Å². The summed E-state index contributed by atoms with van der Waals surface area (Å²) in [7, 11) is 0. The van der Waals surface area contributed by atoms with E-state index in [2.05, 4.69) is 35.2 Å². The third-order valence-electron chi connectivity index (χ3n) is 3.48. The zero-order chi connectivity index (χ0) is 17.7. The first kappa shape index (κ1) is 18.0. The molecular formula is C18H20N4OS. The van der Waals surface area contributed by atoms with Crippen molar-refractivity contribution in [3.8, 4) is 6.07 Å². The van der Waals surface area contributed by atoms with E-state index in [4.69, 9.17) is 0 Å². The van der Waals surface area contributed by atoms with Gasteiger partial charge in [-0.3, -0.25) is 4.79 Å². The van der Waals surface area contributed by atoms with E-state index in [-0.39, 0.29) is 11.7 Å². The molecule has 0 bridgehead atoms. The molecule has 1 heterocycles. The molecule has 2 aromatic rings. The number of nitriles is 1. The van der Waals surface area contributed by atoms with Gasteiger partial charge in [0.05, 0.1) is 11.4 Å². The summed E-state index contributed by atoms with van der Waals surface area (Å²) in [6.45, 7) is 7.80. The minimum atomic E-state index is -0.130. The van der Waals surface area contributed by atoms with Gasteiger partial charge in [-0.15, -0.1) is 0 Å². The van der Waals surface area contributed by atoms with Gasteiger partial charge in [-0.25, -0.2) is 9.97 Å². The molecule has 5 nitrogen and oxygen atoms in total. The Kier molecular flexibility index (Phi) is 5.93. The Hall–Kier alpha value is -2.39. The van der Waals surface area contributed by atoms with Gasteiger partial charge in [0.1, 0.15) is 22.5 Å². The first-order valence-electron chi connectivity index (χ1n) is 7.68. The molecule has 6 heteroatoms. The molecule has 1 amide bonds. The zero-order valence-electron chi connectivity index (χ0n) is 14.3. The Bertz CT molecular complexity index is 779. The lowest BCUT2D eigenvalue weighted by atomic mass is 10.0.